The molecule has 2 atom stereocenters. The molecule has 186 valence electrons. The van der Waals surface area contributed by atoms with Crippen molar-refractivity contribution in [3.8, 4) is 5.75 Å². The second kappa shape index (κ2) is 11.0. The van der Waals surface area contributed by atoms with Gasteiger partial charge in [-0.3, -0.25) is 5.10 Å². The molecule has 1 unspecified atom stereocenters. The van der Waals surface area contributed by atoms with Crippen molar-refractivity contribution in [3.05, 3.63) is 88.2 Å². The molecule has 0 saturated carbocycles. The van der Waals surface area contributed by atoms with Crippen LogP contribution in [0, 0.1) is 0 Å². The molecule has 1 aliphatic rings. The highest BCUT2D eigenvalue weighted by Gasteiger charge is 2.29. The van der Waals surface area contributed by atoms with E-state index < -0.39 is 16.1 Å². The second-order valence-electron chi connectivity index (χ2n) is 9.13. The fourth-order valence-corrected chi connectivity index (χ4v) is 6.14. The maximum Gasteiger partial charge on any atom is 0.242 e. The van der Waals surface area contributed by atoms with E-state index in [4.69, 9.17) is 16.3 Å². The number of aromatic nitrogens is 2. The molecule has 4 rings (SSSR count). The summed E-state index contributed by atoms with van der Waals surface area (Å²) in [6.07, 6.45) is 5.82. The summed E-state index contributed by atoms with van der Waals surface area (Å²) in [5, 5.41) is 8.37. The minimum absolute atomic E-state index is 0.00237. The summed E-state index contributed by atoms with van der Waals surface area (Å²) in [5.41, 5.74) is 4.41. The zero-order valence-corrected chi connectivity index (χ0v) is 21.8. The van der Waals surface area contributed by atoms with Gasteiger partial charge in [-0.05, 0) is 68.0 Å². The van der Waals surface area contributed by atoms with Gasteiger partial charge in [-0.2, -0.15) is 5.10 Å². The Kier molecular flexibility index (Phi) is 7.99. The average molecular weight is 514 g/mol. The zero-order valence-electron chi connectivity index (χ0n) is 20.2. The number of hydrogen-bond acceptors (Lipinski definition) is 4. The Morgan fingerprint density at radius 1 is 1.23 bits per heavy atom. The fraction of sp³-hybridized carbons (Fsp3) is 0.370. The van der Waals surface area contributed by atoms with Gasteiger partial charge in [-0.1, -0.05) is 55.3 Å². The molecule has 3 aromatic rings. The summed E-state index contributed by atoms with van der Waals surface area (Å²) in [5.74, 6) is 0.933. The van der Waals surface area contributed by atoms with Crippen molar-refractivity contribution in [2.75, 3.05) is 7.11 Å². The number of hydrogen-bond donors (Lipinski definition) is 2. The lowest BCUT2D eigenvalue weighted by molar-refractivity contribution is 0.414. The molecule has 8 heteroatoms. The van der Waals surface area contributed by atoms with E-state index in [1.807, 2.05) is 49.4 Å². The number of rotatable bonds is 8. The summed E-state index contributed by atoms with van der Waals surface area (Å²) >= 11 is 6.21. The summed E-state index contributed by atoms with van der Waals surface area (Å²) in [4.78, 5) is -0.00237. The largest absolute Gasteiger partial charge is 0.497 e. The molecular weight excluding hydrogens is 482 g/mol. The lowest BCUT2D eigenvalue weighted by Crippen LogP contribution is -2.27. The molecule has 0 aliphatic heterocycles. The van der Waals surface area contributed by atoms with Crippen LogP contribution >= 0.6 is 11.6 Å². The van der Waals surface area contributed by atoms with Gasteiger partial charge >= 0.3 is 0 Å². The van der Waals surface area contributed by atoms with E-state index in [-0.39, 0.29) is 10.8 Å². The topological polar surface area (TPSA) is 84.1 Å². The van der Waals surface area contributed by atoms with Crippen LogP contribution in [0.1, 0.15) is 72.6 Å². The maximum absolute atomic E-state index is 13.3. The van der Waals surface area contributed by atoms with Crippen molar-refractivity contribution in [1.29, 1.82) is 0 Å². The third-order valence-electron chi connectivity index (χ3n) is 6.69. The van der Waals surface area contributed by atoms with Crippen molar-refractivity contribution in [2.45, 2.75) is 57.4 Å². The Bertz CT molecular complexity index is 1290. The van der Waals surface area contributed by atoms with Crippen molar-refractivity contribution in [2.24, 2.45) is 0 Å². The zero-order chi connectivity index (χ0) is 25.0. The molecule has 1 heterocycles. The quantitative estimate of drug-likeness (QED) is 0.377. The van der Waals surface area contributed by atoms with E-state index >= 15 is 0 Å². The normalized spacial score (nSPS) is 17.2. The number of nitrogens with one attached hydrogen (secondary N) is 2. The summed E-state index contributed by atoms with van der Waals surface area (Å²) < 4.78 is 34.5. The highest BCUT2D eigenvalue weighted by atomic mass is 35.5. The van der Waals surface area contributed by atoms with Crippen LogP contribution in [0.2, 0.25) is 5.02 Å². The van der Waals surface area contributed by atoms with Crippen LogP contribution in [0.4, 0.5) is 0 Å². The first-order valence-electron chi connectivity index (χ1n) is 12.0. The van der Waals surface area contributed by atoms with E-state index in [2.05, 4.69) is 27.6 Å². The number of aromatic amines is 1. The number of methoxy groups -OCH3 is 1. The highest BCUT2D eigenvalue weighted by Crippen LogP contribution is 2.35. The summed E-state index contributed by atoms with van der Waals surface area (Å²) in [7, 11) is -2.26. The fourth-order valence-electron chi connectivity index (χ4n) is 4.76. The van der Waals surface area contributed by atoms with Gasteiger partial charge in [-0.25, -0.2) is 13.1 Å². The number of sulfonamides is 1. The molecule has 0 spiro atoms. The van der Waals surface area contributed by atoms with Crippen molar-refractivity contribution >= 4 is 26.5 Å². The van der Waals surface area contributed by atoms with Crippen LogP contribution in [0.25, 0.3) is 4.91 Å². The van der Waals surface area contributed by atoms with Gasteiger partial charge in [0.1, 0.15) is 16.3 Å². The third kappa shape index (κ3) is 5.97. The van der Waals surface area contributed by atoms with E-state index in [1.165, 1.54) is 0 Å². The molecule has 35 heavy (non-hydrogen) atoms. The average Bonchev–Trinajstić information content (AvgIpc) is 3.23. The molecule has 1 aliphatic carbocycles. The maximum atomic E-state index is 13.3. The van der Waals surface area contributed by atoms with E-state index in [1.54, 1.807) is 7.11 Å². The van der Waals surface area contributed by atoms with Crippen LogP contribution in [0.15, 0.2) is 55.1 Å². The number of benzene rings is 2. The van der Waals surface area contributed by atoms with Gasteiger partial charge < -0.3 is 4.74 Å². The Morgan fingerprint density at radius 3 is 2.71 bits per heavy atom. The summed E-state index contributed by atoms with van der Waals surface area (Å²) in [6, 6.07) is 14.8. The van der Waals surface area contributed by atoms with Crippen LogP contribution in [0.3, 0.4) is 0 Å². The molecular formula is C27H32ClN3O3S. The van der Waals surface area contributed by atoms with Crippen LogP contribution in [-0.2, 0) is 22.9 Å². The lowest BCUT2D eigenvalue weighted by atomic mass is 9.85. The Hall–Kier alpha value is -2.61. The first-order chi connectivity index (χ1) is 16.8. The highest BCUT2D eigenvalue weighted by molar-refractivity contribution is 7.98. The number of fused-ring (bicyclic) bond motifs is 1. The lowest BCUT2D eigenvalue weighted by Gasteiger charge is -2.21. The van der Waals surface area contributed by atoms with E-state index in [0.717, 1.165) is 71.7 Å². The molecule has 6 nitrogen and oxygen atoms in total. The van der Waals surface area contributed by atoms with Gasteiger partial charge in [0.15, 0.2) is 0 Å². The third-order valence-corrected chi connectivity index (χ3v) is 8.44. The molecule has 0 radical (unpaired) electrons. The Balaban J connectivity index is 1.57. The van der Waals surface area contributed by atoms with Crippen molar-refractivity contribution in [3.63, 3.8) is 0 Å². The Morgan fingerprint density at radius 2 is 2.00 bits per heavy atom. The monoisotopic (exact) mass is 513 g/mol. The number of nitrogens with zero attached hydrogens (tertiary/aromatic N) is 1. The SMILES string of the molecule is C=C(c1n[nH]c2c1CCCCCC2Cc1cccc(Cl)c1)S(=O)(=O)N[C@@H](C)c1ccc(OC)cc1. The van der Waals surface area contributed by atoms with E-state index in [0.29, 0.717) is 5.69 Å². The van der Waals surface area contributed by atoms with Crippen molar-refractivity contribution in [1.82, 2.24) is 14.9 Å². The molecule has 0 amide bonds. The number of H-pyrrole nitrogens is 1. The first kappa shape index (κ1) is 25.5. The molecule has 0 fully saturated rings. The molecule has 1 aromatic heterocycles. The van der Waals surface area contributed by atoms with Gasteiger partial charge in [0.05, 0.1) is 7.11 Å². The van der Waals surface area contributed by atoms with Gasteiger partial charge in [-0.15, -0.1) is 0 Å². The first-order valence-corrected chi connectivity index (χ1v) is 13.8. The van der Waals surface area contributed by atoms with Gasteiger partial charge in [0.2, 0.25) is 10.0 Å². The predicted octanol–water partition coefficient (Wildman–Crippen LogP) is 6.17. The number of halogens is 1. The predicted molar refractivity (Wildman–Crippen MR) is 141 cm³/mol. The number of ether oxygens (including phenoxy) is 1. The van der Waals surface area contributed by atoms with Crippen LogP contribution in [0.5, 0.6) is 5.75 Å². The summed E-state index contributed by atoms with van der Waals surface area (Å²) in [6.45, 7) is 5.76. The second-order valence-corrected chi connectivity index (χ2v) is 11.3. The Labute approximate surface area is 212 Å². The molecule has 0 bridgehead atoms. The standard InChI is InChI=1S/C27H32ClN3O3S/c1-18(21-12-14-24(34-3)15-13-21)31-35(32,33)19(2)26-25-11-6-4-5-9-22(27(25)30-29-26)16-20-8-7-10-23(28)17-20/h7-8,10,12-15,17-18,22,31H,2,4-6,9,11,16H2,1,3H3,(H,29,30)/t18-,22?/m0/s1. The smallest absolute Gasteiger partial charge is 0.242 e. The van der Waals surface area contributed by atoms with Gasteiger partial charge in [0, 0.05) is 28.2 Å². The molecule has 2 aromatic carbocycles. The van der Waals surface area contributed by atoms with Crippen LogP contribution < -0.4 is 9.46 Å². The van der Waals surface area contributed by atoms with Gasteiger partial charge in [0.25, 0.3) is 0 Å². The molecule has 2 N–H and O–H groups in total. The van der Waals surface area contributed by atoms with Crippen molar-refractivity contribution < 1.29 is 13.2 Å². The van der Waals surface area contributed by atoms with E-state index in [9.17, 15) is 8.42 Å². The molecule has 0 saturated heterocycles. The minimum Gasteiger partial charge on any atom is -0.497 e. The van der Waals surface area contributed by atoms with Crippen LogP contribution in [-0.4, -0.2) is 25.7 Å². The minimum atomic E-state index is -3.86.